The second-order valence-electron chi connectivity index (χ2n) is 5.62. The van der Waals surface area contributed by atoms with Gasteiger partial charge >= 0.3 is 0 Å². The number of hydrogen-bond donors (Lipinski definition) is 1. The van der Waals surface area contributed by atoms with Crippen molar-refractivity contribution < 1.29 is 9.47 Å². The lowest BCUT2D eigenvalue weighted by Gasteiger charge is -2.23. The zero-order chi connectivity index (χ0) is 14.1. The van der Waals surface area contributed by atoms with Crippen LogP contribution in [0.25, 0.3) is 0 Å². The van der Waals surface area contributed by atoms with Gasteiger partial charge in [0.15, 0.2) is 11.5 Å². The fraction of sp³-hybridized carbons (Fsp3) is 0.600. The highest BCUT2D eigenvalue weighted by Gasteiger charge is 2.28. The Morgan fingerprint density at radius 1 is 1.35 bits per heavy atom. The maximum absolute atomic E-state index is 6.32. The van der Waals surface area contributed by atoms with Crippen LogP contribution in [0.3, 0.4) is 0 Å². The molecule has 2 heterocycles. The van der Waals surface area contributed by atoms with E-state index in [0.29, 0.717) is 30.0 Å². The minimum Gasteiger partial charge on any atom is -0.489 e. The van der Waals surface area contributed by atoms with Crippen molar-refractivity contribution in [1.29, 1.82) is 0 Å². The fourth-order valence-electron chi connectivity index (χ4n) is 2.86. The second kappa shape index (κ2) is 5.80. The van der Waals surface area contributed by atoms with Crippen LogP contribution in [0.2, 0.25) is 5.02 Å². The van der Waals surface area contributed by atoms with E-state index in [1.165, 1.54) is 0 Å². The largest absolute Gasteiger partial charge is 0.489 e. The smallest absolute Gasteiger partial charge is 0.179 e. The van der Waals surface area contributed by atoms with E-state index in [0.717, 1.165) is 37.2 Å². The van der Waals surface area contributed by atoms with Crippen molar-refractivity contribution >= 4 is 11.6 Å². The summed E-state index contributed by atoms with van der Waals surface area (Å²) in [5.74, 6) is 1.44. The average Bonchev–Trinajstić information content (AvgIpc) is 2.66. The third kappa shape index (κ3) is 2.73. The van der Waals surface area contributed by atoms with Gasteiger partial charge in [-0.2, -0.15) is 0 Å². The minimum atomic E-state index is 0.269. The molecule has 0 bridgehead atoms. The van der Waals surface area contributed by atoms with E-state index in [-0.39, 0.29) is 6.04 Å². The van der Waals surface area contributed by atoms with Crippen molar-refractivity contribution in [2.24, 2.45) is 5.73 Å². The van der Waals surface area contributed by atoms with Crippen LogP contribution >= 0.6 is 11.6 Å². The second-order valence-corrected chi connectivity index (χ2v) is 6.03. The summed E-state index contributed by atoms with van der Waals surface area (Å²) < 4.78 is 11.4. The van der Waals surface area contributed by atoms with Crippen LogP contribution in [0.1, 0.15) is 25.3 Å². The standard InChI is InChI=1S/C15H21ClN2O2/c1-10-13(17)3-4-18(10)9-11-7-12(16)15-14(8-11)19-5-2-6-20-15/h7-8,10,13H,2-6,9,17H2,1H3. The van der Waals surface area contributed by atoms with Gasteiger partial charge in [-0.15, -0.1) is 0 Å². The lowest BCUT2D eigenvalue weighted by Crippen LogP contribution is -2.36. The Morgan fingerprint density at radius 3 is 2.90 bits per heavy atom. The van der Waals surface area contributed by atoms with E-state index >= 15 is 0 Å². The summed E-state index contributed by atoms with van der Waals surface area (Å²) >= 11 is 6.32. The summed E-state index contributed by atoms with van der Waals surface area (Å²) in [6, 6.07) is 4.70. The van der Waals surface area contributed by atoms with Gasteiger partial charge in [0.1, 0.15) is 0 Å². The molecular weight excluding hydrogens is 276 g/mol. The Bertz CT molecular complexity index is 495. The molecule has 0 aliphatic carbocycles. The first-order chi connectivity index (χ1) is 9.65. The molecule has 1 aromatic carbocycles. The first-order valence-electron chi connectivity index (χ1n) is 7.23. The molecule has 2 aliphatic rings. The summed E-state index contributed by atoms with van der Waals surface area (Å²) in [7, 11) is 0. The zero-order valence-electron chi connectivity index (χ0n) is 11.8. The lowest BCUT2D eigenvalue weighted by molar-refractivity contribution is 0.251. The molecule has 1 fully saturated rings. The molecule has 2 aliphatic heterocycles. The number of halogens is 1. The number of benzene rings is 1. The van der Waals surface area contributed by atoms with Crippen LogP contribution in [-0.4, -0.2) is 36.7 Å². The molecule has 2 N–H and O–H groups in total. The maximum Gasteiger partial charge on any atom is 0.179 e. The van der Waals surface area contributed by atoms with Gasteiger partial charge in [-0.1, -0.05) is 11.6 Å². The molecule has 2 atom stereocenters. The van der Waals surface area contributed by atoms with Gasteiger partial charge in [0.25, 0.3) is 0 Å². The lowest BCUT2D eigenvalue weighted by atomic mass is 10.1. The molecule has 4 nitrogen and oxygen atoms in total. The Hall–Kier alpha value is -0.970. The van der Waals surface area contributed by atoms with Crippen LogP contribution in [0.15, 0.2) is 12.1 Å². The number of rotatable bonds is 2. The molecule has 110 valence electrons. The Morgan fingerprint density at radius 2 is 2.15 bits per heavy atom. The minimum absolute atomic E-state index is 0.269. The number of likely N-dealkylation sites (tertiary alicyclic amines) is 1. The van der Waals surface area contributed by atoms with Crippen molar-refractivity contribution in [3.05, 3.63) is 22.7 Å². The Balaban J connectivity index is 1.81. The van der Waals surface area contributed by atoms with Gasteiger partial charge in [0.2, 0.25) is 0 Å². The molecule has 3 rings (SSSR count). The number of nitrogens with zero attached hydrogens (tertiary/aromatic N) is 1. The van der Waals surface area contributed by atoms with Gasteiger partial charge in [-0.05, 0) is 31.0 Å². The third-order valence-corrected chi connectivity index (χ3v) is 4.47. The summed E-state index contributed by atoms with van der Waals surface area (Å²) in [6.07, 6.45) is 1.94. The van der Waals surface area contributed by atoms with Crippen LogP contribution in [0.4, 0.5) is 0 Å². The quantitative estimate of drug-likeness (QED) is 0.910. The fourth-order valence-corrected chi connectivity index (χ4v) is 3.15. The molecule has 1 saturated heterocycles. The molecular formula is C15H21ClN2O2. The molecule has 2 unspecified atom stereocenters. The van der Waals surface area contributed by atoms with E-state index < -0.39 is 0 Å². The highest BCUT2D eigenvalue weighted by atomic mass is 35.5. The molecule has 20 heavy (non-hydrogen) atoms. The molecule has 0 spiro atoms. The van der Waals surface area contributed by atoms with Gasteiger partial charge in [-0.25, -0.2) is 0 Å². The third-order valence-electron chi connectivity index (χ3n) is 4.19. The van der Waals surface area contributed by atoms with E-state index in [1.807, 2.05) is 12.1 Å². The van der Waals surface area contributed by atoms with Crippen molar-refractivity contribution in [1.82, 2.24) is 4.90 Å². The van der Waals surface area contributed by atoms with Gasteiger partial charge < -0.3 is 15.2 Å². The van der Waals surface area contributed by atoms with Gasteiger partial charge in [0, 0.05) is 31.6 Å². The maximum atomic E-state index is 6.32. The molecule has 0 saturated carbocycles. The molecule has 0 radical (unpaired) electrons. The van der Waals surface area contributed by atoms with Gasteiger partial charge in [0.05, 0.1) is 18.2 Å². The van der Waals surface area contributed by atoms with Crippen LogP contribution in [0.5, 0.6) is 11.5 Å². The number of nitrogens with two attached hydrogens (primary N) is 1. The molecule has 1 aromatic rings. The van der Waals surface area contributed by atoms with Gasteiger partial charge in [-0.3, -0.25) is 4.90 Å². The normalized spacial score (nSPS) is 26.6. The highest BCUT2D eigenvalue weighted by Crippen LogP contribution is 2.38. The summed E-state index contributed by atoms with van der Waals surface area (Å²) in [5, 5.41) is 0.635. The highest BCUT2D eigenvalue weighted by molar-refractivity contribution is 6.32. The van der Waals surface area contributed by atoms with Crippen LogP contribution in [0, 0.1) is 0 Å². The van der Waals surface area contributed by atoms with Crippen molar-refractivity contribution in [3.8, 4) is 11.5 Å². The Kier molecular flexibility index (Phi) is 4.06. The van der Waals surface area contributed by atoms with E-state index in [4.69, 9.17) is 26.8 Å². The van der Waals surface area contributed by atoms with Crippen molar-refractivity contribution in [3.63, 3.8) is 0 Å². The molecule has 5 heteroatoms. The van der Waals surface area contributed by atoms with Crippen molar-refractivity contribution in [2.75, 3.05) is 19.8 Å². The number of fused-ring (bicyclic) bond motifs is 1. The molecule has 0 amide bonds. The van der Waals surface area contributed by atoms with Crippen LogP contribution in [-0.2, 0) is 6.54 Å². The summed E-state index contributed by atoms with van der Waals surface area (Å²) in [6.45, 7) is 5.41. The first kappa shape index (κ1) is 14.0. The number of ether oxygens (including phenoxy) is 2. The summed E-state index contributed by atoms with van der Waals surface area (Å²) in [4.78, 5) is 2.39. The van der Waals surface area contributed by atoms with Crippen molar-refractivity contribution in [2.45, 2.75) is 38.4 Å². The number of hydrogen-bond acceptors (Lipinski definition) is 4. The van der Waals surface area contributed by atoms with E-state index in [9.17, 15) is 0 Å². The molecule has 0 aromatic heterocycles. The SMILES string of the molecule is CC1C(N)CCN1Cc1cc(Cl)c2c(c1)OCCCO2. The topological polar surface area (TPSA) is 47.7 Å². The predicted octanol–water partition coefficient (Wildman–Crippen LogP) is 2.42. The monoisotopic (exact) mass is 296 g/mol. The Labute approximate surface area is 124 Å². The zero-order valence-corrected chi connectivity index (χ0v) is 12.5. The average molecular weight is 297 g/mol. The predicted molar refractivity (Wildman–Crippen MR) is 79.5 cm³/mol. The van der Waals surface area contributed by atoms with E-state index in [2.05, 4.69) is 11.8 Å². The van der Waals surface area contributed by atoms with E-state index in [1.54, 1.807) is 0 Å². The summed E-state index contributed by atoms with van der Waals surface area (Å²) in [5.41, 5.74) is 7.22. The first-order valence-corrected chi connectivity index (χ1v) is 7.60. The van der Waals surface area contributed by atoms with Crippen LogP contribution < -0.4 is 15.2 Å².